The molecule has 0 aliphatic rings. The van der Waals surface area contributed by atoms with Gasteiger partial charge in [-0.15, -0.1) is 6.58 Å². The Morgan fingerprint density at radius 3 is 2.47 bits per heavy atom. The molecule has 0 bridgehead atoms. The summed E-state index contributed by atoms with van der Waals surface area (Å²) in [5.74, 6) is -0.162. The molecule has 1 heterocycles. The monoisotopic (exact) mass is 404 g/mol. The molecule has 2 aromatic carbocycles. The predicted molar refractivity (Wildman–Crippen MR) is 121 cm³/mol. The first-order chi connectivity index (χ1) is 14.4. The Balaban J connectivity index is 1.95. The number of hydrogen-bond acceptors (Lipinski definition) is 3. The van der Waals surface area contributed by atoms with Gasteiger partial charge < -0.3 is 14.6 Å². The molecule has 30 heavy (non-hydrogen) atoms. The van der Waals surface area contributed by atoms with Crippen molar-refractivity contribution in [1.82, 2.24) is 4.57 Å². The highest BCUT2D eigenvalue weighted by atomic mass is 16.5. The lowest BCUT2D eigenvalue weighted by Gasteiger charge is -2.11. The number of rotatable bonds is 7. The zero-order chi connectivity index (χ0) is 21.8. The normalized spacial score (nSPS) is 11.0. The predicted octanol–water partition coefficient (Wildman–Crippen LogP) is 5.69. The first kappa shape index (κ1) is 21.4. The van der Waals surface area contributed by atoms with E-state index in [1.165, 1.54) is 5.56 Å². The largest absolute Gasteiger partial charge is 0.462 e. The average Bonchev–Trinajstić information content (AvgIpc) is 3.00. The fourth-order valence-electron chi connectivity index (χ4n) is 3.60. The summed E-state index contributed by atoms with van der Waals surface area (Å²) in [4.78, 5) is 25.0. The van der Waals surface area contributed by atoms with Gasteiger partial charge in [0.15, 0.2) is 0 Å². The van der Waals surface area contributed by atoms with E-state index in [2.05, 4.69) is 43.9 Å². The van der Waals surface area contributed by atoms with Crippen LogP contribution >= 0.6 is 0 Å². The first-order valence-electron chi connectivity index (χ1n) is 10.2. The Labute approximate surface area is 177 Å². The van der Waals surface area contributed by atoms with E-state index in [4.69, 9.17) is 4.74 Å². The molecule has 0 aliphatic carbocycles. The number of hydrogen-bond donors (Lipinski definition) is 1. The van der Waals surface area contributed by atoms with Crippen molar-refractivity contribution >= 4 is 28.5 Å². The number of amides is 1. The van der Waals surface area contributed by atoms with Gasteiger partial charge in [0.25, 0.3) is 5.91 Å². The van der Waals surface area contributed by atoms with Gasteiger partial charge in [-0.1, -0.05) is 26.0 Å². The molecule has 0 atom stereocenters. The zero-order valence-electron chi connectivity index (χ0n) is 18.0. The third-order valence-electron chi connectivity index (χ3n) is 5.19. The Kier molecular flexibility index (Phi) is 6.40. The number of aromatic nitrogens is 1. The van der Waals surface area contributed by atoms with Crippen LogP contribution in [-0.4, -0.2) is 23.1 Å². The van der Waals surface area contributed by atoms with Gasteiger partial charge in [0, 0.05) is 23.1 Å². The molecule has 0 radical (unpaired) electrons. The average molecular weight is 405 g/mol. The summed E-state index contributed by atoms with van der Waals surface area (Å²) in [6, 6.07) is 13.1. The maximum atomic E-state index is 13.2. The van der Waals surface area contributed by atoms with Gasteiger partial charge in [-0.3, -0.25) is 4.79 Å². The number of aryl methyl sites for hydroxylation is 1. The van der Waals surface area contributed by atoms with Gasteiger partial charge in [-0.05, 0) is 67.3 Å². The van der Waals surface area contributed by atoms with Crippen LogP contribution in [0.2, 0.25) is 0 Å². The van der Waals surface area contributed by atoms with Crippen LogP contribution in [0.4, 0.5) is 5.69 Å². The SMILES string of the molecule is C=CCn1c(C(=O)Nc2ccc(C(=O)OCC)cc2)c(C)c2cc(C(C)C)ccc21. The van der Waals surface area contributed by atoms with Gasteiger partial charge in [0.2, 0.25) is 0 Å². The highest BCUT2D eigenvalue weighted by molar-refractivity contribution is 6.08. The molecule has 1 N–H and O–H groups in total. The van der Waals surface area contributed by atoms with E-state index in [9.17, 15) is 9.59 Å². The number of ether oxygens (including phenoxy) is 1. The maximum absolute atomic E-state index is 13.2. The van der Waals surface area contributed by atoms with Crippen LogP contribution < -0.4 is 5.32 Å². The molecule has 3 rings (SSSR count). The number of nitrogens with one attached hydrogen (secondary N) is 1. The van der Waals surface area contributed by atoms with Gasteiger partial charge in [-0.2, -0.15) is 0 Å². The van der Waals surface area contributed by atoms with E-state index in [-0.39, 0.29) is 11.9 Å². The molecule has 156 valence electrons. The topological polar surface area (TPSA) is 60.3 Å². The molecular weight excluding hydrogens is 376 g/mol. The lowest BCUT2D eigenvalue weighted by Crippen LogP contribution is -2.18. The Morgan fingerprint density at radius 1 is 1.17 bits per heavy atom. The first-order valence-corrected chi connectivity index (χ1v) is 10.2. The fraction of sp³-hybridized carbons (Fsp3) is 0.280. The summed E-state index contributed by atoms with van der Waals surface area (Å²) in [5.41, 5.74) is 4.87. The van der Waals surface area contributed by atoms with Crippen molar-refractivity contribution in [1.29, 1.82) is 0 Å². The second kappa shape index (κ2) is 8.99. The molecule has 0 saturated carbocycles. The lowest BCUT2D eigenvalue weighted by atomic mass is 10.0. The van der Waals surface area contributed by atoms with Crippen molar-refractivity contribution < 1.29 is 14.3 Å². The lowest BCUT2D eigenvalue weighted by molar-refractivity contribution is 0.0526. The molecule has 0 saturated heterocycles. The van der Waals surface area contributed by atoms with E-state index in [0.29, 0.717) is 36.0 Å². The van der Waals surface area contributed by atoms with Crippen molar-refractivity contribution in [3.63, 3.8) is 0 Å². The van der Waals surface area contributed by atoms with Crippen molar-refractivity contribution in [3.05, 3.63) is 77.5 Å². The Hall–Kier alpha value is -3.34. The van der Waals surface area contributed by atoms with E-state index in [1.807, 2.05) is 11.5 Å². The molecule has 5 nitrogen and oxygen atoms in total. The maximum Gasteiger partial charge on any atom is 0.338 e. The summed E-state index contributed by atoms with van der Waals surface area (Å²) < 4.78 is 6.99. The summed E-state index contributed by atoms with van der Waals surface area (Å²) >= 11 is 0. The molecule has 0 aliphatic heterocycles. The number of nitrogens with zero attached hydrogens (tertiary/aromatic N) is 1. The highest BCUT2D eigenvalue weighted by Crippen LogP contribution is 2.30. The Bertz CT molecular complexity index is 1090. The van der Waals surface area contributed by atoms with Crippen LogP contribution in [0.1, 0.15) is 58.7 Å². The minimum Gasteiger partial charge on any atom is -0.462 e. The molecule has 0 fully saturated rings. The minimum atomic E-state index is -0.377. The van der Waals surface area contributed by atoms with Gasteiger partial charge in [0.05, 0.1) is 12.2 Å². The van der Waals surface area contributed by atoms with Crippen LogP contribution in [0.15, 0.2) is 55.1 Å². The van der Waals surface area contributed by atoms with Crippen LogP contribution in [-0.2, 0) is 11.3 Å². The standard InChI is InChI=1S/C25H28N2O3/c1-6-14-27-22-13-10-19(16(3)4)15-21(22)17(5)23(27)24(28)26-20-11-8-18(9-12-20)25(29)30-7-2/h6,8-13,15-16H,1,7,14H2,2-5H3,(H,26,28). The fourth-order valence-corrected chi connectivity index (χ4v) is 3.60. The smallest absolute Gasteiger partial charge is 0.338 e. The van der Waals surface area contributed by atoms with E-state index in [0.717, 1.165) is 16.5 Å². The molecule has 1 amide bonds. The summed E-state index contributed by atoms with van der Waals surface area (Å²) in [6.45, 7) is 12.8. The van der Waals surface area contributed by atoms with Crippen molar-refractivity contribution in [2.24, 2.45) is 0 Å². The number of esters is 1. The number of benzene rings is 2. The van der Waals surface area contributed by atoms with Crippen LogP contribution in [0.5, 0.6) is 0 Å². The third-order valence-corrected chi connectivity index (χ3v) is 5.19. The minimum absolute atomic E-state index is 0.194. The van der Waals surface area contributed by atoms with Crippen LogP contribution in [0.25, 0.3) is 10.9 Å². The number of allylic oxidation sites excluding steroid dienone is 1. The number of fused-ring (bicyclic) bond motifs is 1. The van der Waals surface area contributed by atoms with Crippen molar-refractivity contribution in [3.8, 4) is 0 Å². The molecule has 0 unspecified atom stereocenters. The third kappa shape index (κ3) is 4.15. The number of carbonyl (C=O) groups is 2. The molecule has 3 aromatic rings. The molecule has 1 aromatic heterocycles. The van der Waals surface area contributed by atoms with Crippen molar-refractivity contribution in [2.45, 2.75) is 40.2 Å². The van der Waals surface area contributed by atoms with E-state index >= 15 is 0 Å². The second-order valence-corrected chi connectivity index (χ2v) is 7.56. The zero-order valence-corrected chi connectivity index (χ0v) is 18.0. The molecule has 0 spiro atoms. The van der Waals surface area contributed by atoms with Gasteiger partial charge in [0.1, 0.15) is 5.69 Å². The number of carbonyl (C=O) groups excluding carboxylic acids is 2. The number of anilines is 1. The van der Waals surface area contributed by atoms with Gasteiger partial charge in [-0.25, -0.2) is 4.79 Å². The van der Waals surface area contributed by atoms with Gasteiger partial charge >= 0.3 is 5.97 Å². The molecule has 5 heteroatoms. The van der Waals surface area contributed by atoms with Crippen LogP contribution in [0.3, 0.4) is 0 Å². The van der Waals surface area contributed by atoms with E-state index < -0.39 is 0 Å². The summed E-state index contributed by atoms with van der Waals surface area (Å²) in [5, 5.41) is 4.02. The highest BCUT2D eigenvalue weighted by Gasteiger charge is 2.20. The summed E-state index contributed by atoms with van der Waals surface area (Å²) in [7, 11) is 0. The Morgan fingerprint density at radius 2 is 1.87 bits per heavy atom. The van der Waals surface area contributed by atoms with Crippen LogP contribution in [0, 0.1) is 6.92 Å². The molecular formula is C25H28N2O3. The quantitative estimate of drug-likeness (QED) is 0.407. The van der Waals surface area contributed by atoms with E-state index in [1.54, 1.807) is 37.3 Å². The summed E-state index contributed by atoms with van der Waals surface area (Å²) in [6.07, 6.45) is 1.79. The van der Waals surface area contributed by atoms with Crippen molar-refractivity contribution in [2.75, 3.05) is 11.9 Å². The second-order valence-electron chi connectivity index (χ2n) is 7.56.